The number of ether oxygens (including phenoxy) is 4. The molecule has 0 saturated heterocycles. The van der Waals surface area contributed by atoms with Crippen LogP contribution in [0.25, 0.3) is 43.2 Å². The molecule has 344 valence electrons. The first-order valence-electron chi connectivity index (χ1n) is 22.0. The third kappa shape index (κ3) is 9.25. The van der Waals surface area contributed by atoms with E-state index in [4.69, 9.17) is 49.9 Å². The standard InChI is InChI=1S/C52H56ClFN4O6SSi/c1-30(2)66(31(3)4,32(5)6)64-42-25-24-37(33(7)45(42)53)43-44-49(56-29-57-50(44)65-46(43)34-20-22-35(54)23-21-34)63-47(51(59)61-11)52(8,9)39-17-13-15-19-41(39)62-28-36-26-27-55-48(58-36)38-16-12-14-18-40(38)60-10/h12-27,29-32,47H,28H2,1-11H3/t47-/m0/s1. The highest BCUT2D eigenvalue weighted by molar-refractivity contribution is 7.22. The maximum atomic E-state index is 14.4. The number of methoxy groups -OCH3 is 2. The van der Waals surface area contributed by atoms with Crippen LogP contribution in [0.4, 0.5) is 4.39 Å². The van der Waals surface area contributed by atoms with E-state index in [9.17, 15) is 9.18 Å². The summed E-state index contributed by atoms with van der Waals surface area (Å²) in [4.78, 5) is 34.1. The van der Waals surface area contributed by atoms with Gasteiger partial charge in [0.05, 0.1) is 35.9 Å². The van der Waals surface area contributed by atoms with Crippen LogP contribution in [0, 0.1) is 12.7 Å². The molecule has 0 fully saturated rings. The van der Waals surface area contributed by atoms with E-state index in [-0.39, 0.29) is 18.3 Å². The molecule has 4 aromatic carbocycles. The average Bonchev–Trinajstić information content (AvgIpc) is 3.70. The van der Waals surface area contributed by atoms with Crippen molar-refractivity contribution in [2.45, 2.75) is 97.1 Å². The molecular formula is C52H56ClFN4O6SSi. The highest BCUT2D eigenvalue weighted by atomic mass is 35.5. The SMILES string of the molecule is COC(=O)[C@H](Oc1ncnc2sc(-c3ccc(F)cc3)c(-c3ccc(O[Si](C(C)C)(C(C)C)C(C)C)c(Cl)c3C)c12)C(C)(C)c1ccccc1OCc1ccnc(-c2ccccc2OC)n1. The Bertz CT molecular complexity index is 2830. The number of rotatable bonds is 17. The van der Waals surface area contributed by atoms with Crippen LogP contribution in [0.5, 0.6) is 23.1 Å². The van der Waals surface area contributed by atoms with Gasteiger partial charge < -0.3 is 23.4 Å². The first-order chi connectivity index (χ1) is 31.5. The van der Waals surface area contributed by atoms with Crippen LogP contribution in [-0.4, -0.2) is 54.5 Å². The van der Waals surface area contributed by atoms with Gasteiger partial charge in [0.25, 0.3) is 8.32 Å². The quantitative estimate of drug-likeness (QED) is 0.0645. The van der Waals surface area contributed by atoms with Crippen LogP contribution in [0.1, 0.15) is 72.2 Å². The number of benzene rings is 4. The van der Waals surface area contributed by atoms with Gasteiger partial charge in [0.2, 0.25) is 12.0 Å². The van der Waals surface area contributed by atoms with E-state index < -0.39 is 25.8 Å². The molecule has 0 N–H and O–H groups in total. The number of para-hydroxylation sites is 2. The number of fused-ring (bicyclic) bond motifs is 1. The summed E-state index contributed by atoms with van der Waals surface area (Å²) in [6.07, 6.45) is 1.87. The van der Waals surface area contributed by atoms with Crippen molar-refractivity contribution >= 4 is 47.4 Å². The normalized spacial score (nSPS) is 12.5. The van der Waals surface area contributed by atoms with Crippen molar-refractivity contribution in [2.75, 3.05) is 14.2 Å². The number of halogens is 2. The molecule has 0 amide bonds. The fourth-order valence-electron chi connectivity index (χ4n) is 9.17. The van der Waals surface area contributed by atoms with Crippen molar-refractivity contribution in [1.29, 1.82) is 0 Å². The molecular weight excluding hydrogens is 891 g/mol. The molecule has 0 bridgehead atoms. The molecule has 3 heterocycles. The molecule has 10 nitrogen and oxygen atoms in total. The number of aromatic nitrogens is 4. The lowest BCUT2D eigenvalue weighted by Crippen LogP contribution is -2.50. The molecule has 0 aliphatic carbocycles. The number of nitrogens with zero attached hydrogens (tertiary/aromatic N) is 4. The predicted octanol–water partition coefficient (Wildman–Crippen LogP) is 13.6. The molecule has 0 saturated carbocycles. The summed E-state index contributed by atoms with van der Waals surface area (Å²) < 4.78 is 45.9. The molecule has 0 spiro atoms. The Morgan fingerprint density at radius 1 is 0.803 bits per heavy atom. The molecule has 0 aliphatic heterocycles. The van der Waals surface area contributed by atoms with Gasteiger partial charge in [0.1, 0.15) is 40.8 Å². The largest absolute Gasteiger partial charge is 0.542 e. The van der Waals surface area contributed by atoms with E-state index in [0.29, 0.717) is 66.2 Å². The molecule has 66 heavy (non-hydrogen) atoms. The zero-order valence-electron chi connectivity index (χ0n) is 39.2. The fraction of sp³-hybridized carbons (Fsp3) is 0.327. The van der Waals surface area contributed by atoms with E-state index in [0.717, 1.165) is 32.7 Å². The van der Waals surface area contributed by atoms with Crippen LogP contribution in [0.15, 0.2) is 104 Å². The highest BCUT2D eigenvalue weighted by Crippen LogP contribution is 2.51. The van der Waals surface area contributed by atoms with Crippen molar-refractivity contribution in [2.24, 2.45) is 0 Å². The van der Waals surface area contributed by atoms with Gasteiger partial charge >= 0.3 is 5.97 Å². The van der Waals surface area contributed by atoms with Crippen molar-refractivity contribution in [3.8, 4) is 56.1 Å². The second kappa shape index (κ2) is 19.9. The fourth-order valence-corrected chi connectivity index (χ4v) is 15.9. The minimum absolute atomic E-state index is 0.111. The summed E-state index contributed by atoms with van der Waals surface area (Å²) >= 11 is 8.76. The minimum Gasteiger partial charge on any atom is -0.542 e. The van der Waals surface area contributed by atoms with Gasteiger partial charge in [0, 0.05) is 27.6 Å². The molecule has 7 aromatic rings. The van der Waals surface area contributed by atoms with E-state index in [1.165, 1.54) is 36.9 Å². The smallest absolute Gasteiger partial charge is 0.348 e. The summed E-state index contributed by atoms with van der Waals surface area (Å²) in [7, 11) is 0.563. The molecule has 3 aromatic heterocycles. The van der Waals surface area contributed by atoms with Crippen LogP contribution >= 0.6 is 22.9 Å². The molecule has 1 atom stereocenters. The van der Waals surface area contributed by atoms with Crippen molar-refractivity contribution in [3.63, 3.8) is 0 Å². The number of hydrogen-bond acceptors (Lipinski definition) is 11. The average molecular weight is 948 g/mol. The van der Waals surface area contributed by atoms with E-state index in [2.05, 4.69) is 46.5 Å². The van der Waals surface area contributed by atoms with Gasteiger partial charge in [-0.2, -0.15) is 0 Å². The topological polar surface area (TPSA) is 115 Å². The third-order valence-corrected chi connectivity index (χ3v) is 20.1. The number of hydrogen-bond donors (Lipinski definition) is 0. The lowest BCUT2D eigenvalue weighted by molar-refractivity contribution is -0.152. The number of carbonyl (C=O) groups excluding carboxylic acids is 1. The lowest BCUT2D eigenvalue weighted by Gasteiger charge is -2.42. The van der Waals surface area contributed by atoms with Crippen LogP contribution in [0.3, 0.4) is 0 Å². The zero-order valence-corrected chi connectivity index (χ0v) is 41.8. The Labute approximate surface area is 396 Å². The Morgan fingerprint density at radius 2 is 1.47 bits per heavy atom. The van der Waals surface area contributed by atoms with Gasteiger partial charge in [-0.3, -0.25) is 0 Å². The molecule has 0 unspecified atom stereocenters. The van der Waals surface area contributed by atoms with Crippen LogP contribution in [-0.2, 0) is 21.6 Å². The van der Waals surface area contributed by atoms with Crippen LogP contribution < -0.4 is 18.6 Å². The number of esters is 1. The van der Waals surface area contributed by atoms with Crippen molar-refractivity contribution < 1.29 is 32.6 Å². The van der Waals surface area contributed by atoms with Crippen molar-refractivity contribution in [3.05, 3.63) is 131 Å². The molecule has 0 aliphatic rings. The van der Waals surface area contributed by atoms with E-state index in [1.54, 1.807) is 31.5 Å². The molecule has 7 rings (SSSR count). The first-order valence-corrected chi connectivity index (χ1v) is 25.3. The minimum atomic E-state index is -2.37. The predicted molar refractivity (Wildman–Crippen MR) is 264 cm³/mol. The second-order valence-electron chi connectivity index (χ2n) is 17.7. The van der Waals surface area contributed by atoms with Crippen LogP contribution in [0.2, 0.25) is 21.6 Å². The molecule has 14 heteroatoms. The monoisotopic (exact) mass is 946 g/mol. The number of thiophene rings is 1. The molecule has 0 radical (unpaired) electrons. The Kier molecular flexibility index (Phi) is 14.5. The summed E-state index contributed by atoms with van der Waals surface area (Å²) in [6.45, 7) is 19.3. The Balaban J connectivity index is 1.31. The number of carbonyl (C=O) groups is 1. The first kappa shape index (κ1) is 48.1. The highest BCUT2D eigenvalue weighted by Gasteiger charge is 2.47. The summed E-state index contributed by atoms with van der Waals surface area (Å²) in [5.41, 5.74) is 5.06. The maximum absolute atomic E-state index is 14.4. The van der Waals surface area contributed by atoms with Gasteiger partial charge in [-0.15, -0.1) is 11.3 Å². The van der Waals surface area contributed by atoms with Gasteiger partial charge in [-0.1, -0.05) is 116 Å². The Morgan fingerprint density at radius 3 is 2.14 bits per heavy atom. The third-order valence-electron chi connectivity index (χ3n) is 12.5. The van der Waals surface area contributed by atoms with E-state index in [1.807, 2.05) is 81.4 Å². The maximum Gasteiger partial charge on any atom is 0.348 e. The van der Waals surface area contributed by atoms with E-state index >= 15 is 0 Å². The summed E-state index contributed by atoms with van der Waals surface area (Å²) in [6, 6.07) is 27.1. The summed E-state index contributed by atoms with van der Waals surface area (Å²) in [5.74, 6) is 1.50. The Hall–Kier alpha value is -5.89. The van der Waals surface area contributed by atoms with Gasteiger partial charge in [-0.05, 0) is 82.7 Å². The van der Waals surface area contributed by atoms with Gasteiger partial charge in [0.15, 0.2) is 5.82 Å². The van der Waals surface area contributed by atoms with Crippen molar-refractivity contribution in [1.82, 2.24) is 19.9 Å². The second-order valence-corrected chi connectivity index (χ2v) is 24.5. The summed E-state index contributed by atoms with van der Waals surface area (Å²) in [5, 5.41) is 1.06. The lowest BCUT2D eigenvalue weighted by atomic mass is 9.78. The van der Waals surface area contributed by atoms with Gasteiger partial charge in [-0.25, -0.2) is 29.1 Å². The zero-order chi connectivity index (χ0) is 47.5.